The smallest absolute Gasteiger partial charge is 0.272 e. The monoisotopic (exact) mass is 344 g/mol. The zero-order valence-corrected chi connectivity index (χ0v) is 14.6. The van der Waals surface area contributed by atoms with Crippen molar-refractivity contribution in [3.05, 3.63) is 47.8 Å². The van der Waals surface area contributed by atoms with Gasteiger partial charge >= 0.3 is 0 Å². The zero-order valence-electron chi connectivity index (χ0n) is 13.8. The predicted octanol–water partition coefficient (Wildman–Crippen LogP) is 2.13. The maximum absolute atomic E-state index is 12.9. The van der Waals surface area contributed by atoms with Gasteiger partial charge in [-0.2, -0.15) is 16.9 Å². The Morgan fingerprint density at radius 1 is 1.17 bits per heavy atom. The second-order valence-corrected chi connectivity index (χ2v) is 6.49. The highest BCUT2D eigenvalue weighted by molar-refractivity contribution is 7.99. The topological polar surface area (TPSA) is 58.4 Å². The number of rotatable bonds is 4. The first-order chi connectivity index (χ1) is 11.6. The molecule has 1 aliphatic rings. The van der Waals surface area contributed by atoms with Gasteiger partial charge in [0.1, 0.15) is 0 Å². The summed E-state index contributed by atoms with van der Waals surface area (Å²) in [5.74, 6) is 0.189. The largest absolute Gasteiger partial charge is 0.275 e. The number of nitrogens with zero attached hydrogens (tertiary/aromatic N) is 4. The van der Waals surface area contributed by atoms with Crippen LogP contribution in [0.15, 0.2) is 36.5 Å². The van der Waals surface area contributed by atoms with E-state index in [-0.39, 0.29) is 11.8 Å². The third-order valence-corrected chi connectivity index (χ3v) is 4.60. The molecule has 2 aromatic rings. The van der Waals surface area contributed by atoms with Crippen molar-refractivity contribution in [2.75, 3.05) is 25.1 Å². The Hall–Kier alpha value is -2.28. The average Bonchev–Trinajstić information content (AvgIpc) is 3.22. The summed E-state index contributed by atoms with van der Waals surface area (Å²) in [4.78, 5) is 25.1. The Morgan fingerprint density at radius 2 is 1.88 bits per heavy atom. The molecule has 2 heterocycles. The molecular formula is C17H20N4O2S. The van der Waals surface area contributed by atoms with Gasteiger partial charge in [-0.15, -0.1) is 0 Å². The van der Waals surface area contributed by atoms with Gasteiger partial charge in [0.05, 0.1) is 28.9 Å². The molecule has 0 saturated carbocycles. The van der Waals surface area contributed by atoms with Gasteiger partial charge in [-0.25, -0.2) is 9.69 Å². The molecule has 0 radical (unpaired) electrons. The van der Waals surface area contributed by atoms with Gasteiger partial charge in [-0.05, 0) is 31.7 Å². The van der Waals surface area contributed by atoms with Crippen LogP contribution in [0.25, 0.3) is 5.69 Å². The van der Waals surface area contributed by atoms with Crippen LogP contribution in [-0.4, -0.2) is 56.7 Å². The number of aromatic nitrogens is 2. The first-order valence-corrected chi connectivity index (χ1v) is 9.24. The molecule has 7 heteroatoms. The minimum Gasteiger partial charge on any atom is -0.272 e. The van der Waals surface area contributed by atoms with E-state index >= 15 is 0 Å². The summed E-state index contributed by atoms with van der Waals surface area (Å²) in [5, 5.41) is 7.47. The molecule has 0 spiro atoms. The van der Waals surface area contributed by atoms with E-state index in [0.29, 0.717) is 24.4 Å². The molecule has 126 valence electrons. The van der Waals surface area contributed by atoms with Crippen LogP contribution in [0.4, 0.5) is 0 Å². The molecule has 6 nitrogen and oxygen atoms in total. The summed E-state index contributed by atoms with van der Waals surface area (Å²) < 4.78 is 1.75. The predicted molar refractivity (Wildman–Crippen MR) is 94.0 cm³/mol. The van der Waals surface area contributed by atoms with Gasteiger partial charge in [-0.3, -0.25) is 14.6 Å². The second kappa shape index (κ2) is 7.09. The van der Waals surface area contributed by atoms with E-state index in [2.05, 4.69) is 5.10 Å². The van der Waals surface area contributed by atoms with E-state index in [1.165, 1.54) is 11.8 Å². The van der Waals surface area contributed by atoms with Crippen molar-refractivity contribution in [1.82, 2.24) is 19.8 Å². The number of carbonyl (C=O) groups is 2. The van der Waals surface area contributed by atoms with Crippen LogP contribution in [0.3, 0.4) is 0 Å². The van der Waals surface area contributed by atoms with Gasteiger partial charge in [-0.1, -0.05) is 18.2 Å². The molecule has 0 bridgehead atoms. The minimum atomic E-state index is -0.165. The standard InChI is InChI=1S/C17H20N4O2S/c1-13-15(11-18-21(13)14-7-4-3-5-8-14)17(23)20-10-6-9-19(20)16(22)12-24-2/h3-5,7-8,11H,6,9-10,12H2,1-2H3. The highest BCUT2D eigenvalue weighted by Gasteiger charge is 2.32. The molecule has 1 fully saturated rings. The molecule has 1 aromatic carbocycles. The minimum absolute atomic E-state index is 0.0264. The van der Waals surface area contributed by atoms with E-state index in [4.69, 9.17) is 0 Å². The number of hydrogen-bond acceptors (Lipinski definition) is 4. The van der Waals surface area contributed by atoms with Crippen LogP contribution in [0.1, 0.15) is 22.5 Å². The quantitative estimate of drug-likeness (QED) is 0.853. The average molecular weight is 344 g/mol. The fourth-order valence-corrected chi connectivity index (χ4v) is 3.26. The summed E-state index contributed by atoms with van der Waals surface area (Å²) in [6.07, 6.45) is 4.27. The highest BCUT2D eigenvalue weighted by atomic mass is 32.2. The molecular weight excluding hydrogens is 324 g/mol. The van der Waals surface area contributed by atoms with Gasteiger partial charge in [0.2, 0.25) is 0 Å². The first-order valence-electron chi connectivity index (χ1n) is 7.84. The Morgan fingerprint density at radius 3 is 2.58 bits per heavy atom. The molecule has 24 heavy (non-hydrogen) atoms. The second-order valence-electron chi connectivity index (χ2n) is 5.62. The summed E-state index contributed by atoms with van der Waals surface area (Å²) >= 11 is 1.47. The maximum atomic E-state index is 12.9. The van der Waals surface area contributed by atoms with Crippen LogP contribution in [0.5, 0.6) is 0 Å². The van der Waals surface area contributed by atoms with Gasteiger partial charge < -0.3 is 0 Å². The number of hydrazine groups is 1. The van der Waals surface area contributed by atoms with Crippen molar-refractivity contribution < 1.29 is 9.59 Å². The summed E-state index contributed by atoms with van der Waals surface area (Å²) in [6, 6.07) is 9.69. The van der Waals surface area contributed by atoms with E-state index in [9.17, 15) is 9.59 Å². The molecule has 0 aliphatic carbocycles. The number of benzene rings is 1. The lowest BCUT2D eigenvalue weighted by Gasteiger charge is -2.27. The third kappa shape index (κ3) is 3.03. The molecule has 0 atom stereocenters. The molecule has 0 N–H and O–H groups in total. The fourth-order valence-electron chi connectivity index (χ4n) is 2.87. The van der Waals surface area contributed by atoms with Crippen molar-refractivity contribution in [2.24, 2.45) is 0 Å². The molecule has 1 saturated heterocycles. The van der Waals surface area contributed by atoms with Crippen molar-refractivity contribution in [1.29, 1.82) is 0 Å². The Labute approximate surface area is 145 Å². The number of hydrogen-bond donors (Lipinski definition) is 0. The number of amides is 2. The fraction of sp³-hybridized carbons (Fsp3) is 0.353. The molecule has 1 aliphatic heterocycles. The number of para-hydroxylation sites is 1. The van der Waals surface area contributed by atoms with Crippen molar-refractivity contribution in [2.45, 2.75) is 13.3 Å². The van der Waals surface area contributed by atoms with Crippen molar-refractivity contribution >= 4 is 23.6 Å². The van der Waals surface area contributed by atoms with E-state index < -0.39 is 0 Å². The van der Waals surface area contributed by atoms with Crippen molar-refractivity contribution in [3.63, 3.8) is 0 Å². The van der Waals surface area contributed by atoms with E-state index in [0.717, 1.165) is 17.8 Å². The normalized spacial score (nSPS) is 14.2. The lowest BCUT2D eigenvalue weighted by Crippen LogP contribution is -2.45. The van der Waals surface area contributed by atoms with Crippen LogP contribution < -0.4 is 0 Å². The Balaban J connectivity index is 1.85. The number of thioether (sulfide) groups is 1. The molecule has 0 unspecified atom stereocenters. The van der Waals surface area contributed by atoms with Gasteiger partial charge in [0, 0.05) is 13.1 Å². The van der Waals surface area contributed by atoms with E-state index in [1.807, 2.05) is 43.5 Å². The van der Waals surface area contributed by atoms with Crippen molar-refractivity contribution in [3.8, 4) is 5.69 Å². The zero-order chi connectivity index (χ0) is 17.1. The van der Waals surface area contributed by atoms with Gasteiger partial charge in [0.15, 0.2) is 0 Å². The van der Waals surface area contributed by atoms with Crippen LogP contribution >= 0.6 is 11.8 Å². The highest BCUT2D eigenvalue weighted by Crippen LogP contribution is 2.20. The lowest BCUT2D eigenvalue weighted by atomic mass is 10.2. The Kier molecular flexibility index (Phi) is 4.89. The number of carbonyl (C=O) groups excluding carboxylic acids is 2. The summed E-state index contributed by atoms with van der Waals surface area (Å²) in [5.41, 5.74) is 2.21. The molecule has 1 aromatic heterocycles. The molecule has 3 rings (SSSR count). The third-order valence-electron chi connectivity index (χ3n) is 4.06. The maximum Gasteiger partial charge on any atom is 0.275 e. The van der Waals surface area contributed by atoms with Crippen LogP contribution in [-0.2, 0) is 4.79 Å². The Bertz CT molecular complexity index is 744. The van der Waals surface area contributed by atoms with Crippen LogP contribution in [0.2, 0.25) is 0 Å². The van der Waals surface area contributed by atoms with E-state index in [1.54, 1.807) is 20.9 Å². The summed E-state index contributed by atoms with van der Waals surface area (Å²) in [6.45, 7) is 3.03. The first kappa shape index (κ1) is 16.6. The molecule has 2 amide bonds. The van der Waals surface area contributed by atoms with Gasteiger partial charge in [0.25, 0.3) is 11.8 Å². The SMILES string of the molecule is CSCC(=O)N1CCCN1C(=O)c1cnn(-c2ccccc2)c1C. The lowest BCUT2D eigenvalue weighted by molar-refractivity contribution is -0.137. The van der Waals surface area contributed by atoms with Crippen LogP contribution in [0, 0.1) is 6.92 Å². The summed E-state index contributed by atoms with van der Waals surface area (Å²) in [7, 11) is 0.